The normalized spacial score (nSPS) is 15.4. The van der Waals surface area contributed by atoms with Crippen molar-refractivity contribution < 1.29 is 9.59 Å². The largest absolute Gasteiger partial charge is 0.353 e. The summed E-state index contributed by atoms with van der Waals surface area (Å²) >= 11 is 0. The van der Waals surface area contributed by atoms with E-state index in [9.17, 15) is 9.59 Å². The number of carbonyl (C=O) groups is 2. The average Bonchev–Trinajstić information content (AvgIpc) is 2.39. The number of nitrogens with one attached hydrogen (secondary N) is 1. The van der Waals surface area contributed by atoms with Crippen molar-refractivity contribution >= 4 is 11.8 Å². The van der Waals surface area contributed by atoms with Gasteiger partial charge in [-0.1, -0.05) is 25.5 Å². The van der Waals surface area contributed by atoms with Gasteiger partial charge in [-0.15, -0.1) is 0 Å². The lowest BCUT2D eigenvalue weighted by atomic mass is 10.1. The van der Waals surface area contributed by atoms with Crippen LogP contribution in [0.1, 0.15) is 29.3 Å². The fourth-order valence-electron chi connectivity index (χ4n) is 2.14. The van der Waals surface area contributed by atoms with E-state index < -0.39 is 0 Å². The molecule has 1 fully saturated rings. The van der Waals surface area contributed by atoms with E-state index in [4.69, 9.17) is 0 Å². The Morgan fingerprint density at radius 3 is 3.00 bits per heavy atom. The van der Waals surface area contributed by atoms with Gasteiger partial charge in [-0.05, 0) is 24.1 Å². The summed E-state index contributed by atoms with van der Waals surface area (Å²) in [6, 6.07) is 7.68. The first-order chi connectivity index (χ1) is 8.70. The van der Waals surface area contributed by atoms with Gasteiger partial charge in [-0.3, -0.25) is 9.59 Å². The summed E-state index contributed by atoms with van der Waals surface area (Å²) in [5.41, 5.74) is 1.85. The van der Waals surface area contributed by atoms with E-state index in [1.165, 1.54) is 5.56 Å². The number of aryl methyl sites for hydroxylation is 1. The summed E-state index contributed by atoms with van der Waals surface area (Å²) in [5, 5.41) is 2.72. The molecule has 0 aromatic heterocycles. The van der Waals surface area contributed by atoms with Crippen LogP contribution < -0.4 is 5.32 Å². The van der Waals surface area contributed by atoms with E-state index in [0.717, 1.165) is 12.8 Å². The Balaban J connectivity index is 2.12. The van der Waals surface area contributed by atoms with Crippen molar-refractivity contribution in [2.24, 2.45) is 0 Å². The molecule has 1 aliphatic rings. The van der Waals surface area contributed by atoms with E-state index in [0.29, 0.717) is 18.7 Å². The molecule has 0 spiro atoms. The van der Waals surface area contributed by atoms with Crippen LogP contribution in [-0.2, 0) is 11.2 Å². The van der Waals surface area contributed by atoms with E-state index in [1.54, 1.807) is 4.90 Å². The summed E-state index contributed by atoms with van der Waals surface area (Å²) in [7, 11) is 0. The molecule has 0 atom stereocenters. The number of nitrogens with zero attached hydrogens (tertiary/aromatic N) is 1. The Labute approximate surface area is 107 Å². The van der Waals surface area contributed by atoms with Gasteiger partial charge >= 0.3 is 0 Å². The molecule has 1 aromatic carbocycles. The zero-order valence-corrected chi connectivity index (χ0v) is 10.6. The lowest BCUT2D eigenvalue weighted by Gasteiger charge is -2.26. The highest BCUT2D eigenvalue weighted by molar-refractivity contribution is 5.97. The predicted octanol–water partition coefficient (Wildman–Crippen LogP) is 1.21. The number of carbonyl (C=O) groups excluding carboxylic acids is 2. The highest BCUT2D eigenvalue weighted by atomic mass is 16.2. The van der Waals surface area contributed by atoms with Crippen LogP contribution in [0.5, 0.6) is 0 Å². The van der Waals surface area contributed by atoms with Crippen molar-refractivity contribution in [1.82, 2.24) is 10.2 Å². The molecule has 2 amide bonds. The number of hydrogen-bond donors (Lipinski definition) is 1. The summed E-state index contributed by atoms with van der Waals surface area (Å²) in [5.74, 6) is -0.137. The van der Waals surface area contributed by atoms with Gasteiger partial charge in [-0.2, -0.15) is 0 Å². The molecule has 2 rings (SSSR count). The molecule has 1 N–H and O–H groups in total. The Morgan fingerprint density at radius 2 is 2.28 bits per heavy atom. The highest BCUT2D eigenvalue weighted by Crippen LogP contribution is 2.11. The van der Waals surface area contributed by atoms with Crippen LogP contribution in [0.4, 0.5) is 0 Å². The van der Waals surface area contributed by atoms with Gasteiger partial charge in [0.05, 0.1) is 6.54 Å². The van der Waals surface area contributed by atoms with Crippen molar-refractivity contribution in [3.63, 3.8) is 0 Å². The lowest BCUT2D eigenvalue weighted by Crippen LogP contribution is -2.49. The first-order valence-electron chi connectivity index (χ1n) is 6.35. The van der Waals surface area contributed by atoms with E-state index >= 15 is 0 Å². The number of benzene rings is 1. The maximum atomic E-state index is 12.2. The molecule has 1 heterocycles. The molecule has 1 aliphatic heterocycles. The molecule has 1 saturated heterocycles. The smallest absolute Gasteiger partial charge is 0.254 e. The third-order valence-corrected chi connectivity index (χ3v) is 3.04. The molecular formula is C14H18N2O2. The Morgan fingerprint density at radius 1 is 1.44 bits per heavy atom. The minimum Gasteiger partial charge on any atom is -0.353 e. The molecule has 1 aromatic rings. The van der Waals surface area contributed by atoms with Gasteiger partial charge in [0.2, 0.25) is 5.91 Å². The van der Waals surface area contributed by atoms with Crippen LogP contribution in [0.2, 0.25) is 0 Å². The van der Waals surface area contributed by atoms with E-state index in [2.05, 4.69) is 12.2 Å². The van der Waals surface area contributed by atoms with Crippen molar-refractivity contribution in [3.8, 4) is 0 Å². The Kier molecular flexibility index (Phi) is 3.97. The highest BCUT2D eigenvalue weighted by Gasteiger charge is 2.22. The zero-order valence-electron chi connectivity index (χ0n) is 10.6. The maximum Gasteiger partial charge on any atom is 0.254 e. The van der Waals surface area contributed by atoms with Crippen LogP contribution in [0, 0.1) is 0 Å². The second-order valence-corrected chi connectivity index (χ2v) is 4.53. The third kappa shape index (κ3) is 2.88. The zero-order chi connectivity index (χ0) is 13.0. The van der Waals surface area contributed by atoms with Gasteiger partial charge in [0.1, 0.15) is 0 Å². The van der Waals surface area contributed by atoms with Gasteiger partial charge in [0.15, 0.2) is 0 Å². The lowest BCUT2D eigenvalue weighted by molar-refractivity contribution is -0.123. The standard InChI is InChI=1S/C14H18N2O2/c1-2-4-11-5-3-6-12(9-11)14(18)16-8-7-15-13(17)10-16/h3,5-6,9H,2,4,7-8,10H2,1H3,(H,15,17). The Bertz CT molecular complexity index is 457. The molecule has 0 radical (unpaired) electrons. The van der Waals surface area contributed by atoms with Gasteiger partial charge < -0.3 is 10.2 Å². The molecule has 4 nitrogen and oxygen atoms in total. The monoisotopic (exact) mass is 246 g/mol. The van der Waals surface area contributed by atoms with Crippen molar-refractivity contribution in [2.75, 3.05) is 19.6 Å². The number of piperazine rings is 1. The molecule has 4 heteroatoms. The first-order valence-corrected chi connectivity index (χ1v) is 6.35. The molecule has 96 valence electrons. The first kappa shape index (κ1) is 12.6. The molecular weight excluding hydrogens is 228 g/mol. The summed E-state index contributed by atoms with van der Waals surface area (Å²) < 4.78 is 0. The van der Waals surface area contributed by atoms with Crippen LogP contribution in [0.25, 0.3) is 0 Å². The predicted molar refractivity (Wildman–Crippen MR) is 69.4 cm³/mol. The fraction of sp³-hybridized carbons (Fsp3) is 0.429. The topological polar surface area (TPSA) is 49.4 Å². The SMILES string of the molecule is CCCc1cccc(C(=O)N2CCNC(=O)C2)c1. The summed E-state index contributed by atoms with van der Waals surface area (Å²) in [6.07, 6.45) is 2.03. The van der Waals surface area contributed by atoms with Crippen LogP contribution in [-0.4, -0.2) is 36.3 Å². The van der Waals surface area contributed by atoms with Crippen LogP contribution >= 0.6 is 0 Å². The van der Waals surface area contributed by atoms with Crippen LogP contribution in [0.15, 0.2) is 24.3 Å². The Hall–Kier alpha value is -1.84. The van der Waals surface area contributed by atoms with Crippen LogP contribution in [0.3, 0.4) is 0 Å². The van der Waals surface area contributed by atoms with Gasteiger partial charge in [0, 0.05) is 18.7 Å². The molecule has 0 aliphatic carbocycles. The minimum absolute atomic E-state index is 0.0530. The van der Waals surface area contributed by atoms with E-state index in [-0.39, 0.29) is 18.4 Å². The van der Waals surface area contributed by atoms with Gasteiger partial charge in [0.25, 0.3) is 5.91 Å². The second-order valence-electron chi connectivity index (χ2n) is 4.53. The van der Waals surface area contributed by atoms with Crippen molar-refractivity contribution in [2.45, 2.75) is 19.8 Å². The number of rotatable bonds is 3. The minimum atomic E-state index is -0.0840. The van der Waals surface area contributed by atoms with Crippen molar-refractivity contribution in [3.05, 3.63) is 35.4 Å². The van der Waals surface area contributed by atoms with E-state index in [1.807, 2.05) is 24.3 Å². The second kappa shape index (κ2) is 5.67. The maximum absolute atomic E-state index is 12.2. The summed E-state index contributed by atoms with van der Waals surface area (Å²) in [6.45, 7) is 3.40. The summed E-state index contributed by atoms with van der Waals surface area (Å²) in [4.78, 5) is 25.1. The molecule has 0 bridgehead atoms. The quantitative estimate of drug-likeness (QED) is 0.871. The molecule has 18 heavy (non-hydrogen) atoms. The van der Waals surface area contributed by atoms with Gasteiger partial charge in [-0.25, -0.2) is 0 Å². The molecule has 0 unspecified atom stereocenters. The fourth-order valence-corrected chi connectivity index (χ4v) is 2.14. The third-order valence-electron chi connectivity index (χ3n) is 3.04. The van der Waals surface area contributed by atoms with Crippen molar-refractivity contribution in [1.29, 1.82) is 0 Å². The number of hydrogen-bond acceptors (Lipinski definition) is 2. The molecule has 0 saturated carbocycles. The average molecular weight is 246 g/mol. The number of amides is 2.